The number of carbonyl (C=O) groups excluding carboxylic acids is 1. The molecule has 0 aliphatic carbocycles. The van der Waals surface area contributed by atoms with Crippen molar-refractivity contribution in [3.05, 3.63) is 59.7 Å². The molecule has 0 aliphatic heterocycles. The van der Waals surface area contributed by atoms with Gasteiger partial charge in [-0.2, -0.15) is 0 Å². The van der Waals surface area contributed by atoms with Crippen LogP contribution >= 0.6 is 0 Å². The summed E-state index contributed by atoms with van der Waals surface area (Å²) in [4.78, 5) is 12.2. The molecule has 6 nitrogen and oxygen atoms in total. The van der Waals surface area contributed by atoms with Gasteiger partial charge in [-0.3, -0.25) is 4.79 Å². The van der Waals surface area contributed by atoms with Gasteiger partial charge in [0.05, 0.1) is 4.90 Å². The van der Waals surface area contributed by atoms with Crippen molar-refractivity contribution in [3.63, 3.8) is 0 Å². The number of aryl methyl sites for hydroxylation is 1. The molecule has 0 spiro atoms. The number of rotatable bonds is 7. The van der Waals surface area contributed by atoms with Crippen LogP contribution in [0.4, 0.5) is 0 Å². The van der Waals surface area contributed by atoms with Crippen LogP contribution in [0.25, 0.3) is 0 Å². The van der Waals surface area contributed by atoms with Crippen molar-refractivity contribution in [1.29, 1.82) is 0 Å². The van der Waals surface area contributed by atoms with Crippen molar-refractivity contribution < 1.29 is 18.3 Å². The number of nitrogens with one attached hydrogen (secondary N) is 1. The van der Waals surface area contributed by atoms with Crippen molar-refractivity contribution in [2.45, 2.75) is 17.7 Å². The summed E-state index contributed by atoms with van der Waals surface area (Å²) in [6, 6.07) is 12.9. The third-order valence-electron chi connectivity index (χ3n) is 3.73. The SMILES string of the molecule is CN(C)S(=O)(=O)c1ccc(C(=O)NCCCc2cccc(O)c2)cc1. The van der Waals surface area contributed by atoms with Crippen LogP contribution in [-0.4, -0.2) is 44.4 Å². The predicted octanol–water partition coefficient (Wildman–Crippen LogP) is 2.01. The van der Waals surface area contributed by atoms with E-state index in [0.29, 0.717) is 12.1 Å². The van der Waals surface area contributed by atoms with Gasteiger partial charge in [-0.25, -0.2) is 12.7 Å². The molecule has 1 amide bonds. The molecule has 2 aromatic rings. The van der Waals surface area contributed by atoms with E-state index in [1.807, 2.05) is 6.07 Å². The third-order valence-corrected chi connectivity index (χ3v) is 5.56. The van der Waals surface area contributed by atoms with E-state index in [1.54, 1.807) is 18.2 Å². The zero-order valence-electron chi connectivity index (χ0n) is 14.3. The highest BCUT2D eigenvalue weighted by atomic mass is 32.2. The lowest BCUT2D eigenvalue weighted by molar-refractivity contribution is 0.0953. The second-order valence-electron chi connectivity index (χ2n) is 5.84. The molecule has 0 saturated carbocycles. The van der Waals surface area contributed by atoms with E-state index in [1.165, 1.54) is 38.4 Å². The first-order valence-electron chi connectivity index (χ1n) is 7.89. The van der Waals surface area contributed by atoms with E-state index in [-0.39, 0.29) is 16.6 Å². The van der Waals surface area contributed by atoms with E-state index in [4.69, 9.17) is 0 Å². The number of benzene rings is 2. The summed E-state index contributed by atoms with van der Waals surface area (Å²) in [5.41, 5.74) is 1.42. The Morgan fingerprint density at radius 2 is 1.80 bits per heavy atom. The van der Waals surface area contributed by atoms with E-state index in [2.05, 4.69) is 5.32 Å². The minimum Gasteiger partial charge on any atom is -0.508 e. The number of phenolic OH excluding ortho intramolecular Hbond substituents is 1. The Bertz CT molecular complexity index is 830. The number of nitrogens with zero attached hydrogens (tertiary/aromatic N) is 1. The van der Waals surface area contributed by atoms with E-state index in [0.717, 1.165) is 22.7 Å². The first-order valence-corrected chi connectivity index (χ1v) is 9.33. The van der Waals surface area contributed by atoms with Gasteiger partial charge in [0.2, 0.25) is 10.0 Å². The van der Waals surface area contributed by atoms with Crippen LogP contribution in [0, 0.1) is 0 Å². The molecule has 0 aliphatic rings. The number of hydrogen-bond donors (Lipinski definition) is 2. The van der Waals surface area contributed by atoms with Crippen molar-refractivity contribution in [3.8, 4) is 5.75 Å². The molecular formula is C18H22N2O4S. The van der Waals surface area contributed by atoms with Crippen LogP contribution < -0.4 is 5.32 Å². The number of carbonyl (C=O) groups is 1. The Kier molecular flexibility index (Phi) is 6.17. The van der Waals surface area contributed by atoms with Crippen molar-refractivity contribution >= 4 is 15.9 Å². The van der Waals surface area contributed by atoms with Crippen LogP contribution in [0.15, 0.2) is 53.4 Å². The molecule has 7 heteroatoms. The van der Waals surface area contributed by atoms with Gasteiger partial charge < -0.3 is 10.4 Å². The van der Waals surface area contributed by atoms with Crippen molar-refractivity contribution in [2.24, 2.45) is 0 Å². The number of amides is 1. The molecule has 0 heterocycles. The van der Waals surface area contributed by atoms with Gasteiger partial charge in [0.15, 0.2) is 0 Å². The minimum atomic E-state index is -3.49. The number of hydrogen-bond acceptors (Lipinski definition) is 4. The molecule has 0 unspecified atom stereocenters. The van der Waals surface area contributed by atoms with Crippen LogP contribution in [0.1, 0.15) is 22.3 Å². The van der Waals surface area contributed by atoms with Gasteiger partial charge in [-0.05, 0) is 54.8 Å². The van der Waals surface area contributed by atoms with Crippen LogP contribution in [-0.2, 0) is 16.4 Å². The third kappa shape index (κ3) is 5.04. The molecule has 0 radical (unpaired) electrons. The largest absolute Gasteiger partial charge is 0.508 e. The fraction of sp³-hybridized carbons (Fsp3) is 0.278. The van der Waals surface area contributed by atoms with Gasteiger partial charge >= 0.3 is 0 Å². The second kappa shape index (κ2) is 8.13. The van der Waals surface area contributed by atoms with Crippen LogP contribution in [0.3, 0.4) is 0 Å². The molecule has 0 atom stereocenters. The molecule has 0 fully saturated rings. The number of sulfonamides is 1. The fourth-order valence-corrected chi connectivity index (χ4v) is 3.20. The lowest BCUT2D eigenvalue weighted by Crippen LogP contribution is -2.25. The molecule has 2 aromatic carbocycles. The van der Waals surface area contributed by atoms with Crippen LogP contribution in [0.2, 0.25) is 0 Å². The van der Waals surface area contributed by atoms with E-state index >= 15 is 0 Å². The Morgan fingerprint density at radius 1 is 1.12 bits per heavy atom. The summed E-state index contributed by atoms with van der Waals surface area (Å²) in [5.74, 6) is -0.0148. The van der Waals surface area contributed by atoms with E-state index < -0.39 is 10.0 Å². The molecule has 0 saturated heterocycles. The zero-order chi connectivity index (χ0) is 18.4. The normalized spacial score (nSPS) is 11.5. The monoisotopic (exact) mass is 362 g/mol. The average Bonchev–Trinajstić information content (AvgIpc) is 2.58. The summed E-state index contributed by atoms with van der Waals surface area (Å²) >= 11 is 0. The Labute approximate surface area is 148 Å². The van der Waals surface area contributed by atoms with Gasteiger partial charge in [-0.15, -0.1) is 0 Å². The van der Waals surface area contributed by atoms with Gasteiger partial charge in [0, 0.05) is 26.2 Å². The standard InChI is InChI=1S/C18H22N2O4S/c1-20(2)25(23,24)17-10-8-15(9-11-17)18(22)19-12-4-6-14-5-3-7-16(21)13-14/h3,5,7-11,13,21H,4,6,12H2,1-2H3,(H,19,22). The molecule has 25 heavy (non-hydrogen) atoms. The summed E-state index contributed by atoms with van der Waals surface area (Å²) in [6.07, 6.45) is 1.48. The lowest BCUT2D eigenvalue weighted by Gasteiger charge is -2.11. The molecule has 2 N–H and O–H groups in total. The highest BCUT2D eigenvalue weighted by Crippen LogP contribution is 2.14. The minimum absolute atomic E-state index is 0.151. The lowest BCUT2D eigenvalue weighted by atomic mass is 10.1. The van der Waals surface area contributed by atoms with Gasteiger partial charge in [-0.1, -0.05) is 12.1 Å². The summed E-state index contributed by atoms with van der Waals surface area (Å²) < 4.78 is 25.1. The predicted molar refractivity (Wildman–Crippen MR) is 96.1 cm³/mol. The summed E-state index contributed by atoms with van der Waals surface area (Å²) in [6.45, 7) is 0.492. The first-order chi connectivity index (χ1) is 11.8. The van der Waals surface area contributed by atoms with Gasteiger partial charge in [0.1, 0.15) is 5.75 Å². The Balaban J connectivity index is 1.87. The molecular weight excluding hydrogens is 340 g/mol. The highest BCUT2D eigenvalue weighted by Gasteiger charge is 2.17. The van der Waals surface area contributed by atoms with Gasteiger partial charge in [0.25, 0.3) is 5.91 Å². The smallest absolute Gasteiger partial charge is 0.251 e. The van der Waals surface area contributed by atoms with E-state index in [9.17, 15) is 18.3 Å². The Hall–Kier alpha value is -2.38. The van der Waals surface area contributed by atoms with Crippen molar-refractivity contribution in [1.82, 2.24) is 9.62 Å². The van der Waals surface area contributed by atoms with Crippen molar-refractivity contribution in [2.75, 3.05) is 20.6 Å². The first kappa shape index (κ1) is 19.0. The maximum absolute atomic E-state index is 12.1. The highest BCUT2D eigenvalue weighted by molar-refractivity contribution is 7.89. The fourth-order valence-electron chi connectivity index (χ4n) is 2.30. The molecule has 0 aromatic heterocycles. The molecule has 134 valence electrons. The topological polar surface area (TPSA) is 86.7 Å². The molecule has 0 bridgehead atoms. The zero-order valence-corrected chi connectivity index (χ0v) is 15.1. The summed E-state index contributed by atoms with van der Waals surface area (Å²) in [5, 5.41) is 12.2. The number of phenols is 1. The summed E-state index contributed by atoms with van der Waals surface area (Å²) in [7, 11) is -0.572. The Morgan fingerprint density at radius 3 is 2.40 bits per heavy atom. The number of aromatic hydroxyl groups is 1. The second-order valence-corrected chi connectivity index (χ2v) is 7.99. The maximum atomic E-state index is 12.1. The maximum Gasteiger partial charge on any atom is 0.251 e. The van der Waals surface area contributed by atoms with Crippen LogP contribution in [0.5, 0.6) is 5.75 Å². The molecule has 2 rings (SSSR count). The average molecular weight is 362 g/mol. The quantitative estimate of drug-likeness (QED) is 0.738.